The molecule has 1 aromatic heterocycles. The average molecular weight is 249 g/mol. The first kappa shape index (κ1) is 12.8. The standard InChI is InChI=1S/C13H19N3O2/c1-10(17)16-7-8-18-12(9-16)11-5-4-6-13(14-11)15(2)3/h4-6,12H,7-9H2,1-3H3/t12-/m0/s1. The zero-order valence-electron chi connectivity index (χ0n) is 11.1. The Hall–Kier alpha value is -1.62. The van der Waals surface area contributed by atoms with E-state index in [0.717, 1.165) is 11.5 Å². The quantitative estimate of drug-likeness (QED) is 0.786. The van der Waals surface area contributed by atoms with Crippen molar-refractivity contribution < 1.29 is 9.53 Å². The van der Waals surface area contributed by atoms with Crippen LogP contribution in [0.4, 0.5) is 5.82 Å². The summed E-state index contributed by atoms with van der Waals surface area (Å²) < 4.78 is 5.70. The molecule has 1 amide bonds. The van der Waals surface area contributed by atoms with Crippen LogP contribution in [-0.4, -0.2) is 49.6 Å². The molecule has 1 saturated heterocycles. The van der Waals surface area contributed by atoms with Crippen LogP contribution in [-0.2, 0) is 9.53 Å². The van der Waals surface area contributed by atoms with E-state index in [1.807, 2.05) is 37.2 Å². The first-order valence-corrected chi connectivity index (χ1v) is 6.09. The molecule has 0 aliphatic carbocycles. The van der Waals surface area contributed by atoms with Crippen LogP contribution in [0.3, 0.4) is 0 Å². The van der Waals surface area contributed by atoms with Gasteiger partial charge in [-0.15, -0.1) is 0 Å². The van der Waals surface area contributed by atoms with Gasteiger partial charge in [0, 0.05) is 27.6 Å². The maximum atomic E-state index is 11.4. The van der Waals surface area contributed by atoms with E-state index < -0.39 is 0 Å². The third kappa shape index (κ3) is 2.79. The second-order valence-electron chi connectivity index (χ2n) is 4.64. The van der Waals surface area contributed by atoms with E-state index in [1.54, 1.807) is 11.8 Å². The third-order valence-corrected chi connectivity index (χ3v) is 3.06. The zero-order valence-corrected chi connectivity index (χ0v) is 11.1. The van der Waals surface area contributed by atoms with Crippen LogP contribution in [0.25, 0.3) is 0 Å². The number of morpholine rings is 1. The van der Waals surface area contributed by atoms with Gasteiger partial charge in [-0.3, -0.25) is 4.79 Å². The molecule has 1 aliphatic heterocycles. The molecule has 2 heterocycles. The fourth-order valence-corrected chi connectivity index (χ4v) is 1.98. The van der Waals surface area contributed by atoms with Crippen molar-refractivity contribution in [1.29, 1.82) is 0 Å². The highest BCUT2D eigenvalue weighted by molar-refractivity contribution is 5.73. The Bertz CT molecular complexity index is 434. The number of anilines is 1. The molecule has 98 valence electrons. The molecule has 1 fully saturated rings. The topological polar surface area (TPSA) is 45.7 Å². The Kier molecular flexibility index (Phi) is 3.81. The first-order chi connectivity index (χ1) is 8.58. The minimum absolute atomic E-state index is 0.0899. The molecule has 0 bridgehead atoms. The van der Waals surface area contributed by atoms with E-state index in [4.69, 9.17) is 4.74 Å². The molecular formula is C13H19N3O2. The number of ether oxygens (including phenoxy) is 1. The summed E-state index contributed by atoms with van der Waals surface area (Å²) in [5.74, 6) is 0.989. The van der Waals surface area contributed by atoms with Crippen LogP contribution in [0.2, 0.25) is 0 Å². The maximum Gasteiger partial charge on any atom is 0.219 e. The number of hydrogen-bond donors (Lipinski definition) is 0. The molecule has 1 aromatic rings. The summed E-state index contributed by atoms with van der Waals surface area (Å²) in [5.41, 5.74) is 0.882. The second-order valence-corrected chi connectivity index (χ2v) is 4.64. The molecule has 18 heavy (non-hydrogen) atoms. The SMILES string of the molecule is CC(=O)N1CCO[C@H](c2cccc(N(C)C)n2)C1. The van der Waals surface area contributed by atoms with Crippen LogP contribution < -0.4 is 4.90 Å². The van der Waals surface area contributed by atoms with Gasteiger partial charge in [0.25, 0.3) is 0 Å². The minimum atomic E-state index is -0.123. The van der Waals surface area contributed by atoms with Crippen LogP contribution >= 0.6 is 0 Å². The lowest BCUT2D eigenvalue weighted by molar-refractivity contribution is -0.136. The normalized spacial score (nSPS) is 19.7. The molecule has 0 unspecified atom stereocenters. The smallest absolute Gasteiger partial charge is 0.219 e. The van der Waals surface area contributed by atoms with Gasteiger partial charge in [0.2, 0.25) is 5.91 Å². The van der Waals surface area contributed by atoms with Crippen molar-refractivity contribution in [3.8, 4) is 0 Å². The van der Waals surface area contributed by atoms with E-state index in [-0.39, 0.29) is 12.0 Å². The number of aromatic nitrogens is 1. The van der Waals surface area contributed by atoms with Gasteiger partial charge in [-0.1, -0.05) is 6.07 Å². The summed E-state index contributed by atoms with van der Waals surface area (Å²) in [7, 11) is 3.91. The summed E-state index contributed by atoms with van der Waals surface area (Å²) in [6, 6.07) is 5.87. The van der Waals surface area contributed by atoms with E-state index in [0.29, 0.717) is 19.7 Å². The molecular weight excluding hydrogens is 230 g/mol. The number of carbonyl (C=O) groups is 1. The summed E-state index contributed by atoms with van der Waals surface area (Å²) >= 11 is 0. The highest BCUT2D eigenvalue weighted by Gasteiger charge is 2.24. The average Bonchev–Trinajstić information content (AvgIpc) is 2.39. The lowest BCUT2D eigenvalue weighted by Crippen LogP contribution is -2.41. The van der Waals surface area contributed by atoms with Crippen molar-refractivity contribution in [3.63, 3.8) is 0 Å². The van der Waals surface area contributed by atoms with Crippen LogP contribution in [0.5, 0.6) is 0 Å². The third-order valence-electron chi connectivity index (χ3n) is 3.06. The van der Waals surface area contributed by atoms with Crippen molar-refractivity contribution in [2.75, 3.05) is 38.7 Å². The molecule has 2 rings (SSSR count). The van der Waals surface area contributed by atoms with E-state index in [1.165, 1.54) is 0 Å². The number of rotatable bonds is 2. The zero-order chi connectivity index (χ0) is 13.1. The Labute approximate surface area is 107 Å². The summed E-state index contributed by atoms with van der Waals surface area (Å²) in [5, 5.41) is 0. The number of pyridine rings is 1. The molecule has 5 nitrogen and oxygen atoms in total. The first-order valence-electron chi connectivity index (χ1n) is 6.09. The largest absolute Gasteiger partial charge is 0.368 e. The van der Waals surface area contributed by atoms with Gasteiger partial charge in [0.1, 0.15) is 11.9 Å². The maximum absolute atomic E-state index is 11.4. The van der Waals surface area contributed by atoms with Crippen LogP contribution in [0, 0.1) is 0 Å². The van der Waals surface area contributed by atoms with Gasteiger partial charge in [-0.05, 0) is 12.1 Å². The number of hydrogen-bond acceptors (Lipinski definition) is 4. The van der Waals surface area contributed by atoms with Crippen LogP contribution in [0.15, 0.2) is 18.2 Å². The second kappa shape index (κ2) is 5.35. The monoisotopic (exact) mass is 249 g/mol. The fraction of sp³-hybridized carbons (Fsp3) is 0.538. The molecule has 0 spiro atoms. The van der Waals surface area contributed by atoms with Gasteiger partial charge in [-0.2, -0.15) is 0 Å². The Balaban J connectivity index is 2.15. The number of amides is 1. The molecule has 0 aromatic carbocycles. The van der Waals surface area contributed by atoms with Gasteiger partial charge in [-0.25, -0.2) is 4.98 Å². The Morgan fingerprint density at radius 3 is 2.94 bits per heavy atom. The van der Waals surface area contributed by atoms with E-state index in [2.05, 4.69) is 4.98 Å². The van der Waals surface area contributed by atoms with Crippen molar-refractivity contribution in [1.82, 2.24) is 9.88 Å². The van der Waals surface area contributed by atoms with Gasteiger partial charge >= 0.3 is 0 Å². The van der Waals surface area contributed by atoms with E-state index in [9.17, 15) is 4.79 Å². The van der Waals surface area contributed by atoms with Crippen molar-refractivity contribution >= 4 is 11.7 Å². The Morgan fingerprint density at radius 2 is 2.28 bits per heavy atom. The van der Waals surface area contributed by atoms with Crippen molar-refractivity contribution in [2.24, 2.45) is 0 Å². The summed E-state index contributed by atoms with van der Waals surface area (Å²) in [6.07, 6.45) is -0.123. The lowest BCUT2D eigenvalue weighted by atomic mass is 10.2. The predicted octanol–water partition coefficient (Wildman–Crippen LogP) is 1.07. The highest BCUT2D eigenvalue weighted by Crippen LogP contribution is 2.22. The molecule has 5 heteroatoms. The van der Waals surface area contributed by atoms with Crippen molar-refractivity contribution in [3.05, 3.63) is 23.9 Å². The van der Waals surface area contributed by atoms with Gasteiger partial charge in [0.05, 0.1) is 18.8 Å². The highest BCUT2D eigenvalue weighted by atomic mass is 16.5. The molecule has 1 aliphatic rings. The van der Waals surface area contributed by atoms with E-state index >= 15 is 0 Å². The van der Waals surface area contributed by atoms with Gasteiger partial charge < -0.3 is 14.5 Å². The summed E-state index contributed by atoms with van der Waals surface area (Å²) in [4.78, 5) is 19.7. The van der Waals surface area contributed by atoms with Crippen molar-refractivity contribution in [2.45, 2.75) is 13.0 Å². The summed E-state index contributed by atoms with van der Waals surface area (Å²) in [6.45, 7) is 3.41. The Morgan fingerprint density at radius 1 is 1.50 bits per heavy atom. The minimum Gasteiger partial charge on any atom is -0.368 e. The lowest BCUT2D eigenvalue weighted by Gasteiger charge is -2.32. The molecule has 0 saturated carbocycles. The van der Waals surface area contributed by atoms with Crippen LogP contribution in [0.1, 0.15) is 18.7 Å². The predicted molar refractivity (Wildman–Crippen MR) is 69.5 cm³/mol. The fourth-order valence-electron chi connectivity index (χ4n) is 1.98. The molecule has 1 atom stereocenters. The number of nitrogens with zero attached hydrogens (tertiary/aromatic N) is 3. The van der Waals surface area contributed by atoms with Gasteiger partial charge in [0.15, 0.2) is 0 Å². The molecule has 0 N–H and O–H groups in total. The molecule has 0 radical (unpaired) electrons. The number of carbonyl (C=O) groups excluding carboxylic acids is 1.